The maximum atomic E-state index is 11.8. The molecule has 0 bridgehead atoms. The molecule has 2 aliphatic carbocycles. The Morgan fingerprint density at radius 3 is 2.65 bits per heavy atom. The Morgan fingerprint density at radius 2 is 2.00 bits per heavy atom. The highest BCUT2D eigenvalue weighted by atomic mass is 16.6. The van der Waals surface area contributed by atoms with Gasteiger partial charge in [0.15, 0.2) is 0 Å². The van der Waals surface area contributed by atoms with Gasteiger partial charge in [-0.3, -0.25) is 0 Å². The molecule has 4 fully saturated rings. The molecule has 1 spiro atoms. The van der Waals surface area contributed by atoms with Gasteiger partial charge in [0.25, 0.3) is 0 Å². The number of carbonyl (C=O) groups is 1. The number of aliphatic hydroxyl groups excluding tert-OH is 2. The topological polar surface area (TPSA) is 79.3 Å². The number of hydrogen-bond acceptors (Lipinski definition) is 5. The van der Waals surface area contributed by atoms with Gasteiger partial charge in [0.05, 0.1) is 24.7 Å². The lowest BCUT2D eigenvalue weighted by Crippen LogP contribution is -2.42. The highest BCUT2D eigenvalue weighted by Gasteiger charge is 2.70. The van der Waals surface area contributed by atoms with Crippen molar-refractivity contribution in [3.8, 4) is 0 Å². The summed E-state index contributed by atoms with van der Waals surface area (Å²) < 4.78 is 11.0. The Morgan fingerprint density at radius 1 is 1.30 bits per heavy atom. The van der Waals surface area contributed by atoms with E-state index in [1.807, 2.05) is 0 Å². The fourth-order valence-corrected chi connectivity index (χ4v) is 4.45. The molecule has 2 aliphatic heterocycles. The summed E-state index contributed by atoms with van der Waals surface area (Å²) in [6, 6.07) is 0. The number of carbonyl (C=O) groups excluding carboxylic acids is 1. The van der Waals surface area contributed by atoms with E-state index < -0.39 is 35.8 Å². The van der Waals surface area contributed by atoms with Gasteiger partial charge in [-0.05, 0) is 18.8 Å². The minimum atomic E-state index is -0.704. The summed E-state index contributed by atoms with van der Waals surface area (Å²) in [5.74, 6) is -0.964. The van der Waals surface area contributed by atoms with Crippen molar-refractivity contribution in [1.29, 1.82) is 0 Å². The SMILES string of the molecule is C=C1C(=O)O[C@H]2[C@H]1[C@@H](O)CC(=C)[C@@H]1C[C@H](O)[C@@]3(CO3)[C@H]21. The zero-order chi connectivity index (χ0) is 14.2. The lowest BCUT2D eigenvalue weighted by atomic mass is 9.78. The van der Waals surface area contributed by atoms with Crippen LogP contribution in [-0.2, 0) is 14.3 Å². The van der Waals surface area contributed by atoms with Gasteiger partial charge in [-0.1, -0.05) is 18.7 Å². The van der Waals surface area contributed by atoms with E-state index in [4.69, 9.17) is 9.47 Å². The maximum absolute atomic E-state index is 11.8. The average molecular weight is 278 g/mol. The van der Waals surface area contributed by atoms with Crippen LogP contribution in [-0.4, -0.2) is 46.7 Å². The van der Waals surface area contributed by atoms with Crippen molar-refractivity contribution >= 4 is 5.97 Å². The zero-order valence-corrected chi connectivity index (χ0v) is 11.1. The minimum Gasteiger partial charge on any atom is -0.458 e. The molecule has 7 atom stereocenters. The standard InChI is InChI=1S/C15H18O5/c1-6-3-9(16)11-7(2)14(18)20-13(11)12-8(6)4-10(17)15(12)5-19-15/h8-13,16-17H,1-5H2/t8-,9-,10-,11+,12-,13-,15-/m0/s1. The van der Waals surface area contributed by atoms with Crippen LogP contribution in [0.25, 0.3) is 0 Å². The van der Waals surface area contributed by atoms with Crippen molar-refractivity contribution in [3.63, 3.8) is 0 Å². The fraction of sp³-hybridized carbons (Fsp3) is 0.667. The van der Waals surface area contributed by atoms with Crippen LogP contribution >= 0.6 is 0 Å². The molecule has 4 rings (SSSR count). The molecule has 0 unspecified atom stereocenters. The van der Waals surface area contributed by atoms with Crippen LogP contribution in [0, 0.1) is 17.8 Å². The van der Waals surface area contributed by atoms with E-state index in [0.717, 1.165) is 5.57 Å². The van der Waals surface area contributed by atoms with Crippen molar-refractivity contribution in [2.75, 3.05) is 6.61 Å². The molecule has 20 heavy (non-hydrogen) atoms. The van der Waals surface area contributed by atoms with Crippen molar-refractivity contribution in [2.24, 2.45) is 17.8 Å². The number of hydrogen-bond donors (Lipinski definition) is 2. The number of rotatable bonds is 0. The van der Waals surface area contributed by atoms with Gasteiger partial charge in [0, 0.05) is 11.5 Å². The second-order valence-electron chi connectivity index (χ2n) is 6.48. The number of esters is 1. The first-order chi connectivity index (χ1) is 9.45. The normalized spacial score (nSPS) is 53.6. The highest BCUT2D eigenvalue weighted by Crippen LogP contribution is 2.59. The average Bonchev–Trinajstić information content (AvgIpc) is 3.05. The van der Waals surface area contributed by atoms with Crippen LogP contribution in [0.15, 0.2) is 24.3 Å². The molecule has 0 aromatic heterocycles. The van der Waals surface area contributed by atoms with Gasteiger partial charge in [0.1, 0.15) is 11.7 Å². The summed E-state index contributed by atoms with van der Waals surface area (Å²) in [4.78, 5) is 11.8. The molecular formula is C15H18O5. The summed E-state index contributed by atoms with van der Waals surface area (Å²) in [5.41, 5.74) is 0.617. The molecule has 5 nitrogen and oxygen atoms in total. The van der Waals surface area contributed by atoms with E-state index in [2.05, 4.69) is 13.2 Å². The molecule has 4 aliphatic rings. The van der Waals surface area contributed by atoms with Crippen molar-refractivity contribution in [1.82, 2.24) is 0 Å². The van der Waals surface area contributed by atoms with E-state index in [1.54, 1.807) is 0 Å². The van der Waals surface area contributed by atoms with E-state index in [-0.39, 0.29) is 11.8 Å². The lowest BCUT2D eigenvalue weighted by molar-refractivity contribution is -0.143. The number of epoxide rings is 1. The molecule has 0 aromatic rings. The largest absolute Gasteiger partial charge is 0.458 e. The molecular weight excluding hydrogens is 260 g/mol. The second-order valence-corrected chi connectivity index (χ2v) is 6.48. The third-order valence-corrected chi connectivity index (χ3v) is 5.54. The Balaban J connectivity index is 1.80. The maximum Gasteiger partial charge on any atom is 0.334 e. The Bertz CT molecular complexity index is 520. The molecule has 5 heteroatoms. The molecule has 2 saturated carbocycles. The minimum absolute atomic E-state index is 0.0239. The summed E-state index contributed by atoms with van der Waals surface area (Å²) in [7, 11) is 0. The lowest BCUT2D eigenvalue weighted by Gasteiger charge is -2.29. The second kappa shape index (κ2) is 3.72. The molecule has 2 N–H and O–H groups in total. The smallest absolute Gasteiger partial charge is 0.334 e. The monoisotopic (exact) mass is 278 g/mol. The first-order valence-electron chi connectivity index (χ1n) is 7.03. The summed E-state index contributed by atoms with van der Waals surface area (Å²) in [6.07, 6.45) is -0.749. The van der Waals surface area contributed by atoms with Gasteiger partial charge in [-0.25, -0.2) is 4.79 Å². The quantitative estimate of drug-likeness (QED) is 0.286. The van der Waals surface area contributed by atoms with Crippen molar-refractivity contribution < 1.29 is 24.5 Å². The Labute approximate surface area is 116 Å². The first-order valence-corrected chi connectivity index (χ1v) is 7.03. The Hall–Kier alpha value is -1.17. The summed E-state index contributed by atoms with van der Waals surface area (Å²) >= 11 is 0. The molecule has 2 saturated heterocycles. The van der Waals surface area contributed by atoms with Gasteiger partial charge in [-0.15, -0.1) is 0 Å². The van der Waals surface area contributed by atoms with Gasteiger partial charge in [0.2, 0.25) is 0 Å². The van der Waals surface area contributed by atoms with Crippen LogP contribution < -0.4 is 0 Å². The Kier molecular flexibility index (Phi) is 2.34. The van der Waals surface area contributed by atoms with Crippen LogP contribution in [0.4, 0.5) is 0 Å². The predicted molar refractivity (Wildman–Crippen MR) is 68.6 cm³/mol. The molecule has 2 heterocycles. The van der Waals surface area contributed by atoms with Crippen LogP contribution in [0.5, 0.6) is 0 Å². The first kappa shape index (κ1) is 12.6. The van der Waals surface area contributed by atoms with Crippen molar-refractivity contribution in [3.05, 3.63) is 24.3 Å². The van der Waals surface area contributed by atoms with Gasteiger partial charge in [-0.2, -0.15) is 0 Å². The van der Waals surface area contributed by atoms with Crippen LogP contribution in [0.2, 0.25) is 0 Å². The number of aliphatic hydroxyl groups is 2. The third-order valence-electron chi connectivity index (χ3n) is 5.54. The number of ether oxygens (including phenoxy) is 2. The van der Waals surface area contributed by atoms with E-state index >= 15 is 0 Å². The summed E-state index contributed by atoms with van der Waals surface area (Å²) in [5, 5.41) is 20.7. The van der Waals surface area contributed by atoms with E-state index in [0.29, 0.717) is 25.0 Å². The van der Waals surface area contributed by atoms with Crippen molar-refractivity contribution in [2.45, 2.75) is 36.8 Å². The predicted octanol–water partition coefficient (Wildman–Crippen LogP) is 0.171. The third kappa shape index (κ3) is 1.35. The molecule has 0 radical (unpaired) electrons. The molecule has 0 aromatic carbocycles. The highest BCUT2D eigenvalue weighted by molar-refractivity contribution is 5.91. The molecule has 108 valence electrons. The zero-order valence-electron chi connectivity index (χ0n) is 11.1. The van der Waals surface area contributed by atoms with Crippen LogP contribution in [0.3, 0.4) is 0 Å². The van der Waals surface area contributed by atoms with E-state index in [1.165, 1.54) is 0 Å². The van der Waals surface area contributed by atoms with Gasteiger partial charge < -0.3 is 19.7 Å². The fourth-order valence-electron chi connectivity index (χ4n) is 4.45. The van der Waals surface area contributed by atoms with E-state index in [9.17, 15) is 15.0 Å². The molecule has 0 amide bonds. The summed E-state index contributed by atoms with van der Waals surface area (Å²) in [6.45, 7) is 8.32. The van der Waals surface area contributed by atoms with Crippen LogP contribution in [0.1, 0.15) is 12.8 Å². The number of fused-ring (bicyclic) bond motifs is 4. The van der Waals surface area contributed by atoms with Gasteiger partial charge >= 0.3 is 5.97 Å².